The summed E-state index contributed by atoms with van der Waals surface area (Å²) in [6, 6.07) is 7.70. The molecule has 98 valence electrons. The van der Waals surface area contributed by atoms with Crippen LogP contribution in [0.5, 0.6) is 0 Å². The molecule has 0 N–H and O–H groups in total. The van der Waals surface area contributed by atoms with Crippen molar-refractivity contribution in [3.63, 3.8) is 0 Å². The van der Waals surface area contributed by atoms with Crippen LogP contribution in [-0.2, 0) is 11.3 Å². The van der Waals surface area contributed by atoms with Crippen LogP contribution < -0.4 is 0 Å². The van der Waals surface area contributed by atoms with E-state index in [9.17, 15) is 4.79 Å². The van der Waals surface area contributed by atoms with Gasteiger partial charge in [0.1, 0.15) is 0 Å². The van der Waals surface area contributed by atoms with Crippen LogP contribution in [0.1, 0.15) is 37.7 Å². The highest BCUT2D eigenvalue weighted by atomic mass is 35.5. The summed E-state index contributed by atoms with van der Waals surface area (Å²) in [5.41, 5.74) is 1.09. The van der Waals surface area contributed by atoms with Gasteiger partial charge in [0.05, 0.1) is 0 Å². The van der Waals surface area contributed by atoms with Gasteiger partial charge in [-0.05, 0) is 36.5 Å². The molecule has 18 heavy (non-hydrogen) atoms. The quantitative estimate of drug-likeness (QED) is 0.809. The van der Waals surface area contributed by atoms with Gasteiger partial charge in [-0.2, -0.15) is 0 Å². The molecule has 0 unspecified atom stereocenters. The molecule has 0 saturated heterocycles. The van der Waals surface area contributed by atoms with Gasteiger partial charge in [0.15, 0.2) is 0 Å². The van der Waals surface area contributed by atoms with Crippen LogP contribution in [0.3, 0.4) is 0 Å². The minimum absolute atomic E-state index is 0.252. The highest BCUT2D eigenvalue weighted by Crippen LogP contribution is 2.28. The fraction of sp³-hybridized carbons (Fsp3) is 0.533. The van der Waals surface area contributed by atoms with Crippen LogP contribution in [-0.4, -0.2) is 17.9 Å². The van der Waals surface area contributed by atoms with E-state index in [4.69, 9.17) is 11.6 Å². The van der Waals surface area contributed by atoms with E-state index in [0.29, 0.717) is 18.9 Å². The van der Waals surface area contributed by atoms with Gasteiger partial charge in [0, 0.05) is 25.0 Å². The maximum Gasteiger partial charge on any atom is 0.222 e. The van der Waals surface area contributed by atoms with Crippen LogP contribution >= 0.6 is 11.6 Å². The van der Waals surface area contributed by atoms with Crippen molar-refractivity contribution in [2.75, 3.05) is 7.05 Å². The van der Waals surface area contributed by atoms with E-state index in [1.165, 1.54) is 25.7 Å². The number of amides is 1. The SMILES string of the molecule is CN(Cc1cccc(Cl)c1)C(=O)CC1CCCC1. The molecule has 1 aromatic carbocycles. The monoisotopic (exact) mass is 265 g/mol. The van der Waals surface area contributed by atoms with E-state index in [0.717, 1.165) is 10.6 Å². The van der Waals surface area contributed by atoms with Crippen LogP contribution in [0.25, 0.3) is 0 Å². The fourth-order valence-corrected chi connectivity index (χ4v) is 2.83. The molecular weight excluding hydrogens is 246 g/mol. The predicted octanol–water partition coefficient (Wildman–Crippen LogP) is 3.88. The van der Waals surface area contributed by atoms with Gasteiger partial charge in [0.25, 0.3) is 0 Å². The van der Waals surface area contributed by atoms with Crippen LogP contribution in [0, 0.1) is 5.92 Å². The minimum atomic E-state index is 0.252. The van der Waals surface area contributed by atoms with Gasteiger partial charge in [0.2, 0.25) is 5.91 Å². The molecule has 3 heteroatoms. The minimum Gasteiger partial charge on any atom is -0.341 e. The number of rotatable bonds is 4. The number of hydrogen-bond donors (Lipinski definition) is 0. The smallest absolute Gasteiger partial charge is 0.222 e. The van der Waals surface area contributed by atoms with Crippen molar-refractivity contribution in [3.05, 3.63) is 34.9 Å². The van der Waals surface area contributed by atoms with E-state index in [-0.39, 0.29) is 5.91 Å². The second-order valence-electron chi connectivity index (χ2n) is 5.23. The molecule has 1 fully saturated rings. The van der Waals surface area contributed by atoms with Gasteiger partial charge >= 0.3 is 0 Å². The zero-order valence-corrected chi connectivity index (χ0v) is 11.6. The molecule has 0 atom stereocenters. The molecule has 0 spiro atoms. The maximum atomic E-state index is 12.1. The van der Waals surface area contributed by atoms with E-state index >= 15 is 0 Å². The Hall–Kier alpha value is -1.02. The molecule has 0 aliphatic heterocycles. The molecule has 1 aliphatic carbocycles. The zero-order chi connectivity index (χ0) is 13.0. The van der Waals surface area contributed by atoms with Crippen LogP contribution in [0.15, 0.2) is 24.3 Å². The van der Waals surface area contributed by atoms with Crippen molar-refractivity contribution in [2.24, 2.45) is 5.92 Å². The van der Waals surface area contributed by atoms with Gasteiger partial charge in [-0.15, -0.1) is 0 Å². The maximum absolute atomic E-state index is 12.1. The van der Waals surface area contributed by atoms with E-state index < -0.39 is 0 Å². The average Bonchev–Trinajstić information content (AvgIpc) is 2.81. The summed E-state index contributed by atoms with van der Waals surface area (Å²) >= 11 is 5.94. The van der Waals surface area contributed by atoms with Gasteiger partial charge in [-0.25, -0.2) is 0 Å². The molecule has 0 radical (unpaired) electrons. The Morgan fingerprint density at radius 1 is 1.39 bits per heavy atom. The van der Waals surface area contributed by atoms with Gasteiger partial charge in [-0.3, -0.25) is 4.79 Å². The van der Waals surface area contributed by atoms with Crippen LogP contribution in [0.2, 0.25) is 5.02 Å². The van der Waals surface area contributed by atoms with Crippen molar-refractivity contribution in [2.45, 2.75) is 38.6 Å². The molecule has 0 heterocycles. The van der Waals surface area contributed by atoms with E-state index in [2.05, 4.69) is 0 Å². The number of benzene rings is 1. The van der Waals surface area contributed by atoms with Gasteiger partial charge in [-0.1, -0.05) is 36.6 Å². The Labute approximate surface area is 114 Å². The Kier molecular flexibility index (Phi) is 4.65. The molecule has 1 aliphatic rings. The Bertz CT molecular complexity index is 413. The molecule has 2 rings (SSSR count). The fourth-order valence-electron chi connectivity index (χ4n) is 2.61. The molecular formula is C15H20ClNO. The molecule has 0 bridgehead atoms. The third-order valence-electron chi connectivity index (χ3n) is 3.67. The summed E-state index contributed by atoms with van der Waals surface area (Å²) < 4.78 is 0. The Morgan fingerprint density at radius 2 is 2.11 bits per heavy atom. The van der Waals surface area contributed by atoms with Crippen molar-refractivity contribution in [1.82, 2.24) is 4.90 Å². The summed E-state index contributed by atoms with van der Waals surface area (Å²) in [6.07, 6.45) is 5.72. The van der Waals surface area contributed by atoms with Crippen molar-refractivity contribution >= 4 is 17.5 Å². The van der Waals surface area contributed by atoms with Gasteiger partial charge < -0.3 is 4.90 Å². The van der Waals surface area contributed by atoms with E-state index in [1.54, 1.807) is 0 Å². The molecule has 2 nitrogen and oxygen atoms in total. The van der Waals surface area contributed by atoms with Crippen molar-refractivity contribution in [1.29, 1.82) is 0 Å². The topological polar surface area (TPSA) is 20.3 Å². The summed E-state index contributed by atoms with van der Waals surface area (Å²) in [6.45, 7) is 0.645. The predicted molar refractivity (Wildman–Crippen MR) is 74.5 cm³/mol. The summed E-state index contributed by atoms with van der Waals surface area (Å²) in [5.74, 6) is 0.862. The Balaban J connectivity index is 1.86. The third kappa shape index (κ3) is 3.74. The highest BCUT2D eigenvalue weighted by molar-refractivity contribution is 6.30. The van der Waals surface area contributed by atoms with Crippen molar-refractivity contribution < 1.29 is 4.79 Å². The lowest BCUT2D eigenvalue weighted by Crippen LogP contribution is -2.27. The lowest BCUT2D eigenvalue weighted by Gasteiger charge is -2.19. The highest BCUT2D eigenvalue weighted by Gasteiger charge is 2.20. The standard InChI is InChI=1S/C15H20ClNO/c1-17(11-13-7-4-8-14(16)9-13)15(18)10-12-5-2-3-6-12/h4,7-9,12H,2-3,5-6,10-11H2,1H3. The largest absolute Gasteiger partial charge is 0.341 e. The summed E-state index contributed by atoms with van der Waals surface area (Å²) in [5, 5.41) is 0.726. The third-order valence-corrected chi connectivity index (χ3v) is 3.91. The molecule has 1 amide bonds. The molecule has 1 aromatic rings. The summed E-state index contributed by atoms with van der Waals surface area (Å²) in [7, 11) is 1.87. The first-order valence-corrected chi connectivity index (χ1v) is 7.01. The molecule has 0 aromatic heterocycles. The number of carbonyl (C=O) groups excluding carboxylic acids is 1. The first-order valence-electron chi connectivity index (χ1n) is 6.63. The average molecular weight is 266 g/mol. The second kappa shape index (κ2) is 6.24. The van der Waals surface area contributed by atoms with E-state index in [1.807, 2.05) is 36.2 Å². The second-order valence-corrected chi connectivity index (χ2v) is 5.67. The first kappa shape index (κ1) is 13.4. The lowest BCUT2D eigenvalue weighted by atomic mass is 10.0. The first-order chi connectivity index (χ1) is 8.65. The number of hydrogen-bond acceptors (Lipinski definition) is 1. The number of carbonyl (C=O) groups is 1. The zero-order valence-electron chi connectivity index (χ0n) is 10.9. The number of halogens is 1. The number of nitrogens with zero attached hydrogens (tertiary/aromatic N) is 1. The Morgan fingerprint density at radius 3 is 2.78 bits per heavy atom. The molecule has 1 saturated carbocycles. The summed E-state index contributed by atoms with van der Waals surface area (Å²) in [4.78, 5) is 13.9. The van der Waals surface area contributed by atoms with Crippen LogP contribution in [0.4, 0.5) is 0 Å². The lowest BCUT2D eigenvalue weighted by molar-refractivity contribution is -0.131. The van der Waals surface area contributed by atoms with Crippen molar-refractivity contribution in [3.8, 4) is 0 Å². The normalized spacial score (nSPS) is 15.9.